The number of halogens is 1. The average molecular weight is 463 g/mol. The number of nitrogens with one attached hydrogen (secondary N) is 3. The molecule has 4 rings (SSSR count). The monoisotopic (exact) mass is 462 g/mol. The van der Waals surface area contributed by atoms with Crippen LogP contribution in [-0.2, 0) is 9.53 Å². The molecule has 1 aromatic heterocycles. The minimum Gasteiger partial charge on any atom is -0.464 e. The maximum Gasteiger partial charge on any atom is 0.356 e. The topological polar surface area (TPSA) is 75.6 Å². The van der Waals surface area contributed by atoms with Crippen molar-refractivity contribution in [2.24, 2.45) is 10.8 Å². The summed E-state index contributed by atoms with van der Waals surface area (Å²) in [6.45, 7) is 8.48. The number of aromatic nitrogens is 1. The highest BCUT2D eigenvalue weighted by Gasteiger charge is 2.53. The normalized spacial score (nSPS) is 27.8. The first kappa shape index (κ1) is 20.4. The van der Waals surface area contributed by atoms with Crippen molar-refractivity contribution in [2.75, 3.05) is 25.5 Å². The number of ether oxygens (including phenoxy) is 1. The summed E-state index contributed by atoms with van der Waals surface area (Å²) in [6, 6.07) is 6.18. The standard InChI is InChI=1S/C22H28BrN3O3/c1-21(2)8-14-9-22(3,11-21)12-26(14)10-17(27)25-18-15-7-13(23)5-6-16(15)24-19(18)20(28)29-4/h5-7,14,24H,8-12H2,1-4H3,(H,25,27)/p+1/t14-,22-/m0/s1. The zero-order valence-corrected chi connectivity index (χ0v) is 19.0. The first-order valence-electron chi connectivity index (χ1n) is 10.1. The number of carbonyl (C=O) groups excluding carboxylic acids is 2. The van der Waals surface area contributed by atoms with Crippen LogP contribution in [0.1, 0.15) is 50.5 Å². The van der Waals surface area contributed by atoms with E-state index in [1.165, 1.54) is 24.9 Å². The van der Waals surface area contributed by atoms with Crippen LogP contribution in [0.3, 0.4) is 0 Å². The number of hydrogen-bond donors (Lipinski definition) is 3. The molecule has 1 amide bonds. The summed E-state index contributed by atoms with van der Waals surface area (Å²) in [4.78, 5) is 29.7. The Kier molecular flexibility index (Phi) is 5.02. The van der Waals surface area contributed by atoms with Crippen LogP contribution in [0.15, 0.2) is 22.7 Å². The van der Waals surface area contributed by atoms with Crippen LogP contribution in [0.2, 0.25) is 0 Å². The van der Waals surface area contributed by atoms with E-state index in [1.807, 2.05) is 18.2 Å². The minimum atomic E-state index is -0.494. The Labute approximate surface area is 179 Å². The van der Waals surface area contributed by atoms with Crippen LogP contribution in [0.4, 0.5) is 5.69 Å². The second-order valence-electron chi connectivity index (χ2n) is 9.87. The van der Waals surface area contributed by atoms with E-state index in [4.69, 9.17) is 4.74 Å². The second kappa shape index (κ2) is 7.13. The highest BCUT2D eigenvalue weighted by Crippen LogP contribution is 2.47. The molecule has 7 heteroatoms. The molecule has 0 radical (unpaired) electrons. The Morgan fingerprint density at radius 1 is 1.31 bits per heavy atom. The summed E-state index contributed by atoms with van der Waals surface area (Å²) in [5.74, 6) is -0.564. The van der Waals surface area contributed by atoms with Gasteiger partial charge in [0.1, 0.15) is 5.69 Å². The summed E-state index contributed by atoms with van der Waals surface area (Å²) in [5.41, 5.74) is 2.19. The number of carbonyl (C=O) groups is 2. The Morgan fingerprint density at radius 2 is 2.07 bits per heavy atom. The SMILES string of the molecule is COC(=O)c1[nH]c2ccc(Br)cc2c1NC(=O)C[NH+]1C[C@@]2(C)C[C@@H]1CC(C)(C)C2. The Morgan fingerprint density at radius 3 is 2.79 bits per heavy atom. The summed E-state index contributed by atoms with van der Waals surface area (Å²) in [7, 11) is 1.34. The third-order valence-corrected chi connectivity index (χ3v) is 6.97. The maximum absolute atomic E-state index is 13.0. The third kappa shape index (κ3) is 3.94. The lowest BCUT2D eigenvalue weighted by molar-refractivity contribution is -0.906. The molecule has 156 valence electrons. The summed E-state index contributed by atoms with van der Waals surface area (Å²) in [5, 5.41) is 3.79. The molecule has 1 saturated heterocycles. The molecule has 1 aliphatic carbocycles. The summed E-state index contributed by atoms with van der Waals surface area (Å²) in [6.07, 6.45) is 3.55. The van der Waals surface area contributed by atoms with Gasteiger partial charge in [0, 0.05) is 33.6 Å². The van der Waals surface area contributed by atoms with Crippen LogP contribution in [0, 0.1) is 10.8 Å². The highest BCUT2D eigenvalue weighted by molar-refractivity contribution is 9.10. The first-order chi connectivity index (χ1) is 13.6. The maximum atomic E-state index is 13.0. The highest BCUT2D eigenvalue weighted by atomic mass is 79.9. The Hall–Kier alpha value is -1.86. The van der Waals surface area contributed by atoms with Crippen molar-refractivity contribution in [3.05, 3.63) is 28.4 Å². The number of fused-ring (bicyclic) bond motifs is 3. The predicted octanol–water partition coefficient (Wildman–Crippen LogP) is 3.14. The summed E-state index contributed by atoms with van der Waals surface area (Å²) >= 11 is 3.47. The number of aromatic amines is 1. The van der Waals surface area contributed by atoms with Gasteiger partial charge in [-0.15, -0.1) is 0 Å². The van der Waals surface area contributed by atoms with Crippen LogP contribution in [0.5, 0.6) is 0 Å². The molecule has 2 aliphatic rings. The van der Waals surface area contributed by atoms with Gasteiger partial charge in [0.05, 0.1) is 25.4 Å². The van der Waals surface area contributed by atoms with E-state index >= 15 is 0 Å². The molecule has 2 heterocycles. The fraction of sp³-hybridized carbons (Fsp3) is 0.545. The number of rotatable bonds is 4. The molecule has 3 N–H and O–H groups in total. The lowest BCUT2D eigenvalue weighted by Crippen LogP contribution is -3.15. The molecule has 29 heavy (non-hydrogen) atoms. The molecule has 6 nitrogen and oxygen atoms in total. The molecule has 2 bridgehead atoms. The van der Waals surface area contributed by atoms with Crippen molar-refractivity contribution in [1.29, 1.82) is 0 Å². The number of methoxy groups -OCH3 is 1. The number of likely N-dealkylation sites (tertiary alicyclic amines) is 1. The van der Waals surface area contributed by atoms with Gasteiger partial charge in [0.25, 0.3) is 5.91 Å². The van der Waals surface area contributed by atoms with Crippen molar-refractivity contribution in [3.63, 3.8) is 0 Å². The van der Waals surface area contributed by atoms with E-state index in [9.17, 15) is 9.59 Å². The Bertz CT molecular complexity index is 983. The Balaban J connectivity index is 1.57. The van der Waals surface area contributed by atoms with Crippen LogP contribution in [-0.4, -0.2) is 43.1 Å². The fourth-order valence-corrected chi connectivity index (χ4v) is 6.26. The largest absolute Gasteiger partial charge is 0.464 e. The number of benzene rings is 1. The van der Waals surface area contributed by atoms with Gasteiger partial charge in [-0.1, -0.05) is 36.7 Å². The third-order valence-electron chi connectivity index (χ3n) is 6.48. The molecule has 2 aromatic rings. The number of hydrogen-bond acceptors (Lipinski definition) is 3. The van der Waals surface area contributed by atoms with E-state index in [1.54, 1.807) is 0 Å². The van der Waals surface area contributed by atoms with E-state index in [2.05, 4.69) is 47.0 Å². The van der Waals surface area contributed by atoms with Crippen LogP contribution in [0.25, 0.3) is 10.9 Å². The van der Waals surface area contributed by atoms with Gasteiger partial charge in [-0.25, -0.2) is 4.79 Å². The minimum absolute atomic E-state index is 0.0695. The van der Waals surface area contributed by atoms with Crippen LogP contribution < -0.4 is 10.2 Å². The zero-order valence-electron chi connectivity index (χ0n) is 17.4. The van der Waals surface area contributed by atoms with Crippen molar-refractivity contribution < 1.29 is 19.2 Å². The van der Waals surface area contributed by atoms with Crippen molar-refractivity contribution in [3.8, 4) is 0 Å². The molecule has 2 fully saturated rings. The van der Waals surface area contributed by atoms with Gasteiger partial charge in [0.2, 0.25) is 0 Å². The fourth-order valence-electron chi connectivity index (χ4n) is 5.90. The van der Waals surface area contributed by atoms with Crippen molar-refractivity contribution in [2.45, 2.75) is 46.1 Å². The number of anilines is 1. The van der Waals surface area contributed by atoms with Crippen LogP contribution >= 0.6 is 15.9 Å². The second-order valence-corrected chi connectivity index (χ2v) is 10.8. The number of esters is 1. The number of quaternary nitrogens is 1. The zero-order chi connectivity index (χ0) is 21.0. The van der Waals surface area contributed by atoms with E-state index < -0.39 is 5.97 Å². The van der Waals surface area contributed by atoms with Gasteiger partial charge in [-0.3, -0.25) is 4.79 Å². The van der Waals surface area contributed by atoms with E-state index in [0.29, 0.717) is 29.1 Å². The molecular weight excluding hydrogens is 434 g/mol. The van der Waals surface area contributed by atoms with Gasteiger partial charge in [-0.2, -0.15) is 0 Å². The predicted molar refractivity (Wildman–Crippen MR) is 116 cm³/mol. The first-order valence-corrected chi connectivity index (χ1v) is 10.9. The van der Waals surface area contributed by atoms with Gasteiger partial charge in [0.15, 0.2) is 6.54 Å². The van der Waals surface area contributed by atoms with Crippen molar-refractivity contribution >= 4 is 44.4 Å². The molecule has 1 aliphatic heterocycles. The quantitative estimate of drug-likeness (QED) is 0.610. The summed E-state index contributed by atoms with van der Waals surface area (Å²) < 4.78 is 5.79. The van der Waals surface area contributed by atoms with Gasteiger partial charge in [-0.05, 0) is 30.0 Å². The smallest absolute Gasteiger partial charge is 0.356 e. The van der Waals surface area contributed by atoms with Gasteiger partial charge < -0.3 is 19.9 Å². The molecular formula is C22H29BrN3O3+. The average Bonchev–Trinajstić information content (AvgIpc) is 3.07. The van der Waals surface area contributed by atoms with Crippen molar-refractivity contribution in [1.82, 2.24) is 4.98 Å². The lowest BCUT2D eigenvalue weighted by atomic mass is 9.65. The molecule has 1 unspecified atom stereocenters. The molecule has 0 spiro atoms. The van der Waals surface area contributed by atoms with E-state index in [0.717, 1.165) is 28.3 Å². The lowest BCUT2D eigenvalue weighted by Gasteiger charge is -2.37. The molecule has 1 aromatic carbocycles. The van der Waals surface area contributed by atoms with Gasteiger partial charge >= 0.3 is 5.97 Å². The number of H-pyrrole nitrogens is 1. The molecule has 3 atom stereocenters. The number of amides is 1. The molecule has 1 saturated carbocycles. The van der Waals surface area contributed by atoms with E-state index in [-0.39, 0.29) is 11.6 Å².